The molecule has 0 fully saturated rings. The number of carbonyl (C=O) groups is 2. The molecule has 1 aliphatic rings. The van der Waals surface area contributed by atoms with E-state index < -0.39 is 11.8 Å². The van der Waals surface area contributed by atoms with Gasteiger partial charge in [-0.15, -0.1) is 0 Å². The molecule has 8 nitrogen and oxygen atoms in total. The first-order valence-electron chi connectivity index (χ1n) is 11.0. The lowest BCUT2D eigenvalue weighted by Gasteiger charge is -2.35. The molecule has 0 radical (unpaired) electrons. The first-order valence-corrected chi connectivity index (χ1v) is 11.0. The van der Waals surface area contributed by atoms with Crippen LogP contribution in [0.3, 0.4) is 0 Å². The number of fused-ring (bicyclic) bond motifs is 2. The number of imidazole rings is 1. The standard InChI is InChI=1S/C26H24N4O4/c1-16(2)27-25(32)34-24-28-21-13-12-18(14-22(21)29-24)26(33)20-11-7-6-10-19(20)23(31)30(26)15-17-8-4-3-5-9-17/h3-14,16,33H,15H2,1-2H3,(H,27,32)(H,28,29). The smallest absolute Gasteiger partial charge is 0.375 e. The molecule has 1 atom stereocenters. The quantitative estimate of drug-likeness (QED) is 0.422. The molecular weight excluding hydrogens is 432 g/mol. The summed E-state index contributed by atoms with van der Waals surface area (Å²) in [5.74, 6) is -0.249. The average Bonchev–Trinajstić information content (AvgIpc) is 3.31. The second-order valence-electron chi connectivity index (χ2n) is 8.56. The van der Waals surface area contributed by atoms with Crippen molar-refractivity contribution >= 4 is 23.0 Å². The Kier molecular flexibility index (Phi) is 5.30. The maximum Gasteiger partial charge on any atom is 0.415 e. The van der Waals surface area contributed by atoms with Crippen LogP contribution in [-0.4, -0.2) is 38.0 Å². The summed E-state index contributed by atoms with van der Waals surface area (Å²) in [6.45, 7) is 3.89. The molecule has 2 amide bonds. The third kappa shape index (κ3) is 3.68. The molecule has 1 aliphatic heterocycles. The topological polar surface area (TPSA) is 108 Å². The lowest BCUT2D eigenvalue weighted by atomic mass is 9.93. The molecule has 8 heteroatoms. The van der Waals surface area contributed by atoms with Crippen molar-refractivity contribution in [3.8, 4) is 6.01 Å². The zero-order valence-electron chi connectivity index (χ0n) is 18.8. The molecule has 172 valence electrons. The van der Waals surface area contributed by atoms with Crippen molar-refractivity contribution in [3.05, 3.63) is 95.1 Å². The number of hydrogen-bond acceptors (Lipinski definition) is 5. The second kappa shape index (κ2) is 8.31. The lowest BCUT2D eigenvalue weighted by Crippen LogP contribution is -2.44. The highest BCUT2D eigenvalue weighted by molar-refractivity contribution is 6.00. The van der Waals surface area contributed by atoms with Crippen LogP contribution in [0, 0.1) is 0 Å². The van der Waals surface area contributed by atoms with Crippen molar-refractivity contribution in [2.75, 3.05) is 0 Å². The first kappa shape index (κ1) is 21.7. The Hall–Kier alpha value is -4.17. The SMILES string of the molecule is CC(C)NC(=O)Oc1nc2ccc(C3(O)c4ccccc4C(=O)N3Cc3ccccc3)cc2[nH]1. The van der Waals surface area contributed by atoms with E-state index in [1.165, 1.54) is 4.90 Å². The van der Waals surface area contributed by atoms with Gasteiger partial charge in [-0.2, -0.15) is 4.98 Å². The van der Waals surface area contributed by atoms with E-state index in [0.717, 1.165) is 5.56 Å². The number of amides is 2. The van der Waals surface area contributed by atoms with Crippen LogP contribution in [0.2, 0.25) is 0 Å². The number of carbonyl (C=O) groups excluding carboxylic acids is 2. The van der Waals surface area contributed by atoms with Crippen LogP contribution in [0.5, 0.6) is 6.01 Å². The first-order chi connectivity index (χ1) is 16.4. The highest BCUT2D eigenvalue weighted by Crippen LogP contribution is 2.43. The summed E-state index contributed by atoms with van der Waals surface area (Å²) in [6, 6.07) is 21.8. The molecule has 4 aromatic rings. The van der Waals surface area contributed by atoms with Gasteiger partial charge in [-0.1, -0.05) is 54.6 Å². The highest BCUT2D eigenvalue weighted by Gasteiger charge is 2.49. The summed E-state index contributed by atoms with van der Waals surface area (Å²) >= 11 is 0. The Morgan fingerprint density at radius 3 is 2.62 bits per heavy atom. The average molecular weight is 457 g/mol. The Balaban J connectivity index is 1.55. The van der Waals surface area contributed by atoms with E-state index in [1.54, 1.807) is 42.5 Å². The van der Waals surface area contributed by atoms with Crippen molar-refractivity contribution in [1.29, 1.82) is 0 Å². The van der Waals surface area contributed by atoms with E-state index in [1.807, 2.05) is 44.2 Å². The van der Waals surface area contributed by atoms with Gasteiger partial charge in [0.05, 0.1) is 11.0 Å². The number of aromatic nitrogens is 2. The number of nitrogens with zero attached hydrogens (tertiary/aromatic N) is 2. The van der Waals surface area contributed by atoms with Gasteiger partial charge >= 0.3 is 12.1 Å². The summed E-state index contributed by atoms with van der Waals surface area (Å²) in [5.41, 5.74) is 1.82. The molecule has 0 spiro atoms. The molecule has 0 aliphatic carbocycles. The third-order valence-corrected chi connectivity index (χ3v) is 5.81. The Morgan fingerprint density at radius 1 is 1.12 bits per heavy atom. The fraction of sp³-hybridized carbons (Fsp3) is 0.192. The van der Waals surface area contributed by atoms with Gasteiger partial charge in [0.15, 0.2) is 5.72 Å². The van der Waals surface area contributed by atoms with E-state index in [-0.39, 0.29) is 24.5 Å². The van der Waals surface area contributed by atoms with Crippen molar-refractivity contribution in [3.63, 3.8) is 0 Å². The molecule has 5 rings (SSSR count). The molecule has 0 saturated carbocycles. The Bertz CT molecular complexity index is 1380. The Labute approximate surface area is 196 Å². The van der Waals surface area contributed by atoms with E-state index in [0.29, 0.717) is 27.7 Å². The monoisotopic (exact) mass is 456 g/mol. The highest BCUT2D eigenvalue weighted by atomic mass is 16.6. The normalized spacial score (nSPS) is 17.3. The molecule has 3 aromatic carbocycles. The molecule has 3 N–H and O–H groups in total. The van der Waals surface area contributed by atoms with Gasteiger partial charge in [-0.05, 0) is 37.6 Å². The molecule has 1 unspecified atom stereocenters. The fourth-order valence-electron chi connectivity index (χ4n) is 4.28. The van der Waals surface area contributed by atoms with Crippen LogP contribution in [-0.2, 0) is 12.3 Å². The zero-order chi connectivity index (χ0) is 23.9. The van der Waals surface area contributed by atoms with Crippen molar-refractivity contribution in [1.82, 2.24) is 20.2 Å². The number of aliphatic hydroxyl groups is 1. The van der Waals surface area contributed by atoms with Crippen molar-refractivity contribution in [2.24, 2.45) is 0 Å². The van der Waals surface area contributed by atoms with Crippen LogP contribution in [0.1, 0.15) is 40.9 Å². The van der Waals surface area contributed by atoms with E-state index >= 15 is 0 Å². The molecular formula is C26H24N4O4. The number of hydrogen-bond donors (Lipinski definition) is 3. The van der Waals surface area contributed by atoms with Crippen LogP contribution in [0.4, 0.5) is 4.79 Å². The van der Waals surface area contributed by atoms with E-state index in [4.69, 9.17) is 4.74 Å². The molecule has 34 heavy (non-hydrogen) atoms. The van der Waals surface area contributed by atoms with Gasteiger partial charge in [-0.3, -0.25) is 9.69 Å². The summed E-state index contributed by atoms with van der Waals surface area (Å²) < 4.78 is 5.23. The number of H-pyrrole nitrogens is 1. The second-order valence-corrected chi connectivity index (χ2v) is 8.56. The molecule has 1 aromatic heterocycles. The number of rotatable bonds is 5. The number of nitrogens with one attached hydrogen (secondary N) is 2. The van der Waals surface area contributed by atoms with Gasteiger partial charge in [0.2, 0.25) is 0 Å². The molecule has 0 bridgehead atoms. The third-order valence-electron chi connectivity index (χ3n) is 5.81. The predicted octanol–water partition coefficient (Wildman–Crippen LogP) is 3.91. The number of aromatic amines is 1. The molecule has 0 saturated heterocycles. The minimum absolute atomic E-state index is 0.0429. The number of benzene rings is 3. The van der Waals surface area contributed by atoms with Gasteiger partial charge in [0.1, 0.15) is 0 Å². The van der Waals surface area contributed by atoms with Gasteiger partial charge < -0.3 is 20.1 Å². The maximum atomic E-state index is 13.3. The largest absolute Gasteiger partial charge is 0.415 e. The van der Waals surface area contributed by atoms with Crippen LogP contribution < -0.4 is 10.1 Å². The summed E-state index contributed by atoms with van der Waals surface area (Å²) in [5, 5.41) is 14.7. The minimum atomic E-state index is -1.68. The maximum absolute atomic E-state index is 13.3. The van der Waals surface area contributed by atoms with Crippen LogP contribution >= 0.6 is 0 Å². The van der Waals surface area contributed by atoms with Crippen molar-refractivity contribution < 1.29 is 19.4 Å². The molecule has 2 heterocycles. The summed E-state index contributed by atoms with van der Waals surface area (Å²) in [4.78, 5) is 34.0. The zero-order valence-corrected chi connectivity index (χ0v) is 18.8. The summed E-state index contributed by atoms with van der Waals surface area (Å²) in [6.07, 6.45) is -0.614. The minimum Gasteiger partial charge on any atom is -0.375 e. The van der Waals surface area contributed by atoms with Gasteiger partial charge in [0.25, 0.3) is 5.91 Å². The van der Waals surface area contributed by atoms with Crippen LogP contribution in [0.15, 0.2) is 72.8 Å². The van der Waals surface area contributed by atoms with E-state index in [9.17, 15) is 14.7 Å². The lowest BCUT2D eigenvalue weighted by molar-refractivity contribution is -0.0542. The fourth-order valence-corrected chi connectivity index (χ4v) is 4.28. The summed E-state index contributed by atoms with van der Waals surface area (Å²) in [7, 11) is 0. The van der Waals surface area contributed by atoms with Crippen molar-refractivity contribution in [2.45, 2.75) is 32.2 Å². The number of ether oxygens (including phenoxy) is 1. The van der Waals surface area contributed by atoms with Gasteiger partial charge in [-0.25, -0.2) is 4.79 Å². The van der Waals surface area contributed by atoms with Gasteiger partial charge in [0, 0.05) is 29.3 Å². The van der Waals surface area contributed by atoms with Crippen LogP contribution in [0.25, 0.3) is 11.0 Å². The Morgan fingerprint density at radius 2 is 1.85 bits per heavy atom. The van der Waals surface area contributed by atoms with E-state index in [2.05, 4.69) is 15.3 Å². The predicted molar refractivity (Wildman–Crippen MR) is 126 cm³/mol.